The maximum atomic E-state index is 10.7. The average Bonchev–Trinajstić information content (AvgIpc) is 2.56. The number of aliphatic hydroxyl groups is 1. The summed E-state index contributed by atoms with van der Waals surface area (Å²) in [4.78, 5) is 2.43. The zero-order valence-electron chi connectivity index (χ0n) is 13.2. The van der Waals surface area contributed by atoms with Crippen LogP contribution in [0.2, 0.25) is 0 Å². The Morgan fingerprint density at radius 1 is 1.19 bits per heavy atom. The predicted molar refractivity (Wildman–Crippen MR) is 84.5 cm³/mol. The molecule has 1 N–H and O–H groups in total. The van der Waals surface area contributed by atoms with Crippen molar-refractivity contribution in [2.75, 3.05) is 19.7 Å². The lowest BCUT2D eigenvalue weighted by Crippen LogP contribution is -2.51. The van der Waals surface area contributed by atoms with Crippen LogP contribution in [0.25, 0.3) is 0 Å². The number of piperidine rings is 1. The molecule has 116 valence electrons. The highest BCUT2D eigenvalue weighted by Crippen LogP contribution is 2.41. The number of ether oxygens (including phenoxy) is 1. The van der Waals surface area contributed by atoms with Gasteiger partial charge in [0.05, 0.1) is 6.04 Å². The number of para-hydroxylation sites is 1. The highest BCUT2D eigenvalue weighted by molar-refractivity contribution is 5.37. The smallest absolute Gasteiger partial charge is 0.125 e. The van der Waals surface area contributed by atoms with E-state index < -0.39 is 6.10 Å². The normalized spacial score (nSPS) is 28.7. The Kier molecular flexibility index (Phi) is 4.23. The molecule has 0 saturated carbocycles. The molecule has 1 saturated heterocycles. The van der Waals surface area contributed by atoms with Crippen LogP contribution in [0.4, 0.5) is 0 Å². The first-order chi connectivity index (χ1) is 10.2. The number of hydrogen-bond donors (Lipinski definition) is 1. The minimum Gasteiger partial charge on any atom is -0.491 e. The van der Waals surface area contributed by atoms with Crippen molar-refractivity contribution < 1.29 is 9.84 Å². The van der Waals surface area contributed by atoms with Crippen LogP contribution in [-0.4, -0.2) is 35.7 Å². The number of aliphatic hydroxyl groups excluding tert-OH is 1. The lowest BCUT2D eigenvalue weighted by molar-refractivity contribution is -0.0264. The number of benzene rings is 1. The van der Waals surface area contributed by atoms with Gasteiger partial charge >= 0.3 is 0 Å². The molecule has 2 aliphatic heterocycles. The zero-order valence-corrected chi connectivity index (χ0v) is 13.2. The van der Waals surface area contributed by atoms with Crippen LogP contribution in [0, 0.1) is 5.41 Å². The Hall–Kier alpha value is -1.06. The molecule has 0 radical (unpaired) electrons. The topological polar surface area (TPSA) is 32.7 Å². The summed E-state index contributed by atoms with van der Waals surface area (Å²) in [6.07, 6.45) is 4.59. The fourth-order valence-electron chi connectivity index (χ4n) is 3.92. The van der Waals surface area contributed by atoms with E-state index in [4.69, 9.17) is 4.74 Å². The molecule has 2 aliphatic rings. The summed E-state index contributed by atoms with van der Waals surface area (Å²) < 4.78 is 5.86. The summed E-state index contributed by atoms with van der Waals surface area (Å²) in [6.45, 7) is 7.38. The Morgan fingerprint density at radius 3 is 2.52 bits per heavy atom. The van der Waals surface area contributed by atoms with Gasteiger partial charge in [0.2, 0.25) is 0 Å². The van der Waals surface area contributed by atoms with E-state index in [1.807, 2.05) is 24.3 Å². The van der Waals surface area contributed by atoms with Crippen molar-refractivity contribution in [2.45, 2.75) is 51.7 Å². The molecule has 3 heteroatoms. The molecule has 0 amide bonds. The summed E-state index contributed by atoms with van der Waals surface area (Å²) in [7, 11) is 0. The second-order valence-corrected chi connectivity index (χ2v) is 6.60. The van der Waals surface area contributed by atoms with Gasteiger partial charge in [-0.15, -0.1) is 0 Å². The third kappa shape index (κ3) is 2.69. The third-order valence-corrected chi connectivity index (χ3v) is 5.84. The van der Waals surface area contributed by atoms with Gasteiger partial charge in [0.1, 0.15) is 18.5 Å². The molecular formula is C18H27NO2. The molecule has 0 aromatic heterocycles. The number of fused-ring (bicyclic) bond motifs is 1. The molecule has 1 aromatic carbocycles. The van der Waals surface area contributed by atoms with Crippen molar-refractivity contribution in [3.05, 3.63) is 29.8 Å². The standard InChI is InChI=1S/C18H27NO2/c1-3-18(4-2)9-11-19(12-10-18)15-13-21-16-8-6-5-7-14(16)17(15)20/h5-8,15,17,20H,3-4,9-13H2,1-2H3. The van der Waals surface area contributed by atoms with Gasteiger partial charge in [0.25, 0.3) is 0 Å². The molecule has 21 heavy (non-hydrogen) atoms. The second kappa shape index (κ2) is 5.98. The molecule has 1 fully saturated rings. The number of nitrogens with zero attached hydrogens (tertiary/aromatic N) is 1. The molecule has 1 aromatic rings. The van der Waals surface area contributed by atoms with Crippen molar-refractivity contribution in [1.29, 1.82) is 0 Å². The minimum absolute atomic E-state index is 0.103. The number of likely N-dealkylation sites (tertiary alicyclic amines) is 1. The van der Waals surface area contributed by atoms with Gasteiger partial charge < -0.3 is 9.84 Å². The van der Waals surface area contributed by atoms with Crippen molar-refractivity contribution in [1.82, 2.24) is 4.90 Å². The van der Waals surface area contributed by atoms with Crippen molar-refractivity contribution >= 4 is 0 Å². The fraction of sp³-hybridized carbons (Fsp3) is 0.667. The number of rotatable bonds is 3. The fourth-order valence-corrected chi connectivity index (χ4v) is 3.92. The summed E-state index contributed by atoms with van der Waals surface area (Å²) in [6, 6.07) is 7.97. The van der Waals surface area contributed by atoms with E-state index in [1.54, 1.807) is 0 Å². The number of hydrogen-bond acceptors (Lipinski definition) is 3. The van der Waals surface area contributed by atoms with Crippen LogP contribution in [0.3, 0.4) is 0 Å². The van der Waals surface area contributed by atoms with E-state index in [0.717, 1.165) is 24.4 Å². The van der Waals surface area contributed by atoms with Gasteiger partial charge in [0, 0.05) is 5.56 Å². The molecule has 2 unspecified atom stereocenters. The molecule has 0 aliphatic carbocycles. The van der Waals surface area contributed by atoms with Gasteiger partial charge in [-0.25, -0.2) is 0 Å². The summed E-state index contributed by atoms with van der Waals surface area (Å²) in [5.74, 6) is 0.842. The van der Waals surface area contributed by atoms with Crippen LogP contribution < -0.4 is 4.74 Å². The molecule has 3 rings (SSSR count). The van der Waals surface area contributed by atoms with Crippen LogP contribution >= 0.6 is 0 Å². The predicted octanol–water partition coefficient (Wildman–Crippen LogP) is 3.38. The van der Waals surface area contributed by atoms with Gasteiger partial charge in [-0.3, -0.25) is 4.90 Å². The van der Waals surface area contributed by atoms with Crippen LogP contribution in [0.1, 0.15) is 51.2 Å². The van der Waals surface area contributed by atoms with Crippen molar-refractivity contribution in [3.63, 3.8) is 0 Å². The van der Waals surface area contributed by atoms with Gasteiger partial charge in [-0.2, -0.15) is 0 Å². The van der Waals surface area contributed by atoms with E-state index in [2.05, 4.69) is 18.7 Å². The minimum atomic E-state index is -0.425. The van der Waals surface area contributed by atoms with Crippen molar-refractivity contribution in [3.8, 4) is 5.75 Å². The first-order valence-electron chi connectivity index (χ1n) is 8.33. The summed E-state index contributed by atoms with van der Waals surface area (Å²) in [5.41, 5.74) is 1.46. The second-order valence-electron chi connectivity index (χ2n) is 6.60. The first kappa shape index (κ1) is 14.9. The maximum absolute atomic E-state index is 10.7. The highest BCUT2D eigenvalue weighted by Gasteiger charge is 2.38. The van der Waals surface area contributed by atoms with E-state index in [1.165, 1.54) is 25.7 Å². The Morgan fingerprint density at radius 2 is 1.86 bits per heavy atom. The van der Waals surface area contributed by atoms with E-state index in [9.17, 15) is 5.11 Å². The van der Waals surface area contributed by atoms with Crippen LogP contribution in [-0.2, 0) is 0 Å². The maximum Gasteiger partial charge on any atom is 0.125 e. The molecule has 2 heterocycles. The molecule has 0 spiro atoms. The van der Waals surface area contributed by atoms with E-state index in [-0.39, 0.29) is 6.04 Å². The van der Waals surface area contributed by atoms with Gasteiger partial charge in [-0.05, 0) is 37.4 Å². The van der Waals surface area contributed by atoms with E-state index >= 15 is 0 Å². The zero-order chi connectivity index (χ0) is 14.9. The first-order valence-corrected chi connectivity index (χ1v) is 8.33. The van der Waals surface area contributed by atoms with Gasteiger partial charge in [0.15, 0.2) is 0 Å². The monoisotopic (exact) mass is 289 g/mol. The SMILES string of the molecule is CCC1(CC)CCN(C2COc3ccccc3C2O)CC1. The Balaban J connectivity index is 1.70. The molecule has 0 bridgehead atoms. The molecule has 3 nitrogen and oxygen atoms in total. The Bertz CT molecular complexity index is 474. The summed E-state index contributed by atoms with van der Waals surface area (Å²) in [5, 5.41) is 10.7. The van der Waals surface area contributed by atoms with Gasteiger partial charge in [-0.1, -0.05) is 44.9 Å². The van der Waals surface area contributed by atoms with E-state index in [0.29, 0.717) is 12.0 Å². The summed E-state index contributed by atoms with van der Waals surface area (Å²) >= 11 is 0. The lowest BCUT2D eigenvalue weighted by Gasteiger charge is -2.46. The molecule has 2 atom stereocenters. The largest absolute Gasteiger partial charge is 0.491 e. The lowest BCUT2D eigenvalue weighted by atomic mass is 9.74. The van der Waals surface area contributed by atoms with Crippen LogP contribution in [0.5, 0.6) is 5.75 Å². The van der Waals surface area contributed by atoms with Crippen LogP contribution in [0.15, 0.2) is 24.3 Å². The molecular weight excluding hydrogens is 262 g/mol. The third-order valence-electron chi connectivity index (χ3n) is 5.84. The van der Waals surface area contributed by atoms with Crippen molar-refractivity contribution in [2.24, 2.45) is 5.41 Å². The highest BCUT2D eigenvalue weighted by atomic mass is 16.5. The Labute approximate surface area is 127 Å². The average molecular weight is 289 g/mol. The quantitative estimate of drug-likeness (QED) is 0.926.